The first kappa shape index (κ1) is 7.60. The van der Waals surface area contributed by atoms with E-state index in [9.17, 15) is 0 Å². The van der Waals surface area contributed by atoms with Gasteiger partial charge in [-0.25, -0.2) is 0 Å². The third-order valence-electron chi connectivity index (χ3n) is 3.65. The number of hydrogen-bond donors (Lipinski definition) is 1. The summed E-state index contributed by atoms with van der Waals surface area (Å²) >= 11 is 0. The van der Waals surface area contributed by atoms with Gasteiger partial charge in [-0.05, 0) is 31.1 Å². The Labute approximate surface area is 69.4 Å². The Morgan fingerprint density at radius 3 is 2.36 bits per heavy atom. The van der Waals surface area contributed by atoms with Crippen LogP contribution in [0.3, 0.4) is 0 Å². The van der Waals surface area contributed by atoms with Crippen molar-refractivity contribution in [2.45, 2.75) is 51.0 Å². The summed E-state index contributed by atoms with van der Waals surface area (Å²) in [6.07, 6.45) is 10.4. The van der Waals surface area contributed by atoms with Crippen LogP contribution in [0.25, 0.3) is 0 Å². The van der Waals surface area contributed by atoms with Gasteiger partial charge in [0, 0.05) is 6.42 Å². The minimum atomic E-state index is 0.786. The fourth-order valence-electron chi connectivity index (χ4n) is 2.97. The van der Waals surface area contributed by atoms with E-state index in [0.29, 0.717) is 0 Å². The Morgan fingerprint density at radius 1 is 0.818 bits per heavy atom. The van der Waals surface area contributed by atoms with E-state index in [1.165, 1.54) is 44.9 Å². The van der Waals surface area contributed by atoms with Crippen LogP contribution >= 0.6 is 0 Å². The first-order valence-corrected chi connectivity index (χ1v) is 5.19. The fourth-order valence-corrected chi connectivity index (χ4v) is 2.97. The standard InChI is InChI=1S/C10H19N/c11-10-6-5-8-3-1-2-4-9(8)7-10/h8-10H,1-7,11H2/p+1/t8-,9-,10+/m1/s1. The van der Waals surface area contributed by atoms with Crippen LogP contribution in [-0.2, 0) is 0 Å². The lowest BCUT2D eigenvalue weighted by atomic mass is 9.70. The lowest BCUT2D eigenvalue weighted by Crippen LogP contribution is -2.63. The Hall–Kier alpha value is -0.0400. The summed E-state index contributed by atoms with van der Waals surface area (Å²) in [6.45, 7) is 0. The molecule has 0 unspecified atom stereocenters. The van der Waals surface area contributed by atoms with Crippen LogP contribution < -0.4 is 5.73 Å². The van der Waals surface area contributed by atoms with Crippen molar-refractivity contribution >= 4 is 0 Å². The van der Waals surface area contributed by atoms with Crippen LogP contribution in [-0.4, -0.2) is 6.04 Å². The first-order valence-electron chi connectivity index (χ1n) is 5.19. The highest BCUT2D eigenvalue weighted by Crippen LogP contribution is 2.39. The summed E-state index contributed by atoms with van der Waals surface area (Å²) in [7, 11) is 0. The van der Waals surface area contributed by atoms with Crippen molar-refractivity contribution in [1.29, 1.82) is 0 Å². The minimum absolute atomic E-state index is 0.786. The van der Waals surface area contributed by atoms with Gasteiger partial charge in [0.15, 0.2) is 0 Å². The van der Waals surface area contributed by atoms with E-state index >= 15 is 0 Å². The fraction of sp³-hybridized carbons (Fsp3) is 1.00. The average molecular weight is 154 g/mol. The van der Waals surface area contributed by atoms with Crippen molar-refractivity contribution in [3.63, 3.8) is 0 Å². The molecule has 1 heteroatoms. The molecule has 2 fully saturated rings. The molecular weight excluding hydrogens is 134 g/mol. The molecule has 0 saturated heterocycles. The van der Waals surface area contributed by atoms with Gasteiger partial charge in [-0.1, -0.05) is 19.3 Å². The van der Waals surface area contributed by atoms with E-state index < -0.39 is 0 Å². The van der Waals surface area contributed by atoms with E-state index in [1.54, 1.807) is 0 Å². The van der Waals surface area contributed by atoms with Crippen LogP contribution in [0.4, 0.5) is 0 Å². The molecule has 2 aliphatic rings. The summed E-state index contributed by atoms with van der Waals surface area (Å²) in [4.78, 5) is 0. The summed E-state index contributed by atoms with van der Waals surface area (Å²) in [6, 6.07) is 0.786. The second-order valence-electron chi connectivity index (χ2n) is 4.48. The molecule has 2 aliphatic carbocycles. The Kier molecular flexibility index (Phi) is 2.17. The van der Waals surface area contributed by atoms with Crippen molar-refractivity contribution in [1.82, 2.24) is 0 Å². The van der Waals surface area contributed by atoms with Gasteiger partial charge < -0.3 is 5.73 Å². The van der Waals surface area contributed by atoms with Crippen LogP contribution in [0.2, 0.25) is 0 Å². The van der Waals surface area contributed by atoms with Gasteiger partial charge in [-0.2, -0.15) is 0 Å². The SMILES string of the molecule is [NH3+][C@H]1CC[C@H]2CCCC[C@@H]2C1. The van der Waals surface area contributed by atoms with Crippen molar-refractivity contribution in [2.75, 3.05) is 0 Å². The maximum atomic E-state index is 4.19. The van der Waals surface area contributed by atoms with Crippen LogP contribution in [0.1, 0.15) is 44.9 Å². The Balaban J connectivity index is 1.93. The molecule has 0 aromatic heterocycles. The lowest BCUT2D eigenvalue weighted by molar-refractivity contribution is -0.430. The maximum Gasteiger partial charge on any atom is 0.0846 e. The van der Waals surface area contributed by atoms with Gasteiger partial charge in [-0.3, -0.25) is 0 Å². The molecule has 0 aliphatic heterocycles. The first-order chi connectivity index (χ1) is 5.36. The van der Waals surface area contributed by atoms with Crippen molar-refractivity contribution < 1.29 is 5.73 Å². The molecule has 0 aromatic rings. The molecule has 11 heavy (non-hydrogen) atoms. The van der Waals surface area contributed by atoms with Crippen LogP contribution in [0.5, 0.6) is 0 Å². The number of hydrogen-bond acceptors (Lipinski definition) is 0. The molecule has 0 radical (unpaired) electrons. The van der Waals surface area contributed by atoms with Crippen LogP contribution in [0.15, 0.2) is 0 Å². The second-order valence-corrected chi connectivity index (χ2v) is 4.48. The van der Waals surface area contributed by atoms with Gasteiger partial charge in [0.2, 0.25) is 0 Å². The molecule has 0 bridgehead atoms. The zero-order chi connectivity index (χ0) is 7.68. The lowest BCUT2D eigenvalue weighted by Gasteiger charge is -2.36. The molecule has 2 rings (SSSR count). The smallest absolute Gasteiger partial charge is 0.0846 e. The molecule has 0 heterocycles. The van der Waals surface area contributed by atoms with Crippen LogP contribution in [0, 0.1) is 11.8 Å². The topological polar surface area (TPSA) is 27.6 Å². The van der Waals surface area contributed by atoms with E-state index in [4.69, 9.17) is 0 Å². The summed E-state index contributed by atoms with van der Waals surface area (Å²) in [5, 5.41) is 0. The predicted molar refractivity (Wildman–Crippen MR) is 46.0 cm³/mol. The average Bonchev–Trinajstić information content (AvgIpc) is 2.04. The number of quaternary nitrogens is 1. The van der Waals surface area contributed by atoms with Gasteiger partial charge in [-0.15, -0.1) is 0 Å². The molecule has 3 atom stereocenters. The molecule has 0 aromatic carbocycles. The summed E-state index contributed by atoms with van der Waals surface area (Å²) in [5.41, 5.74) is 4.19. The second kappa shape index (κ2) is 3.14. The molecule has 2 saturated carbocycles. The third kappa shape index (κ3) is 1.58. The van der Waals surface area contributed by atoms with E-state index in [-0.39, 0.29) is 0 Å². The predicted octanol–water partition coefficient (Wildman–Crippen LogP) is 1.59. The highest BCUT2D eigenvalue weighted by Gasteiger charge is 2.31. The van der Waals surface area contributed by atoms with Crippen molar-refractivity contribution in [3.8, 4) is 0 Å². The maximum absolute atomic E-state index is 4.19. The van der Waals surface area contributed by atoms with Gasteiger partial charge in [0.25, 0.3) is 0 Å². The zero-order valence-electron chi connectivity index (χ0n) is 7.39. The zero-order valence-corrected chi connectivity index (χ0v) is 7.39. The third-order valence-corrected chi connectivity index (χ3v) is 3.65. The van der Waals surface area contributed by atoms with Crippen molar-refractivity contribution in [3.05, 3.63) is 0 Å². The molecular formula is C10H20N+. The minimum Gasteiger partial charge on any atom is -0.355 e. The number of rotatable bonds is 0. The van der Waals surface area contributed by atoms with Gasteiger partial charge >= 0.3 is 0 Å². The van der Waals surface area contributed by atoms with E-state index in [2.05, 4.69) is 5.73 Å². The molecule has 0 spiro atoms. The number of fused-ring (bicyclic) bond motifs is 1. The van der Waals surface area contributed by atoms with Crippen molar-refractivity contribution in [2.24, 2.45) is 11.8 Å². The van der Waals surface area contributed by atoms with E-state index in [1.807, 2.05) is 0 Å². The summed E-state index contributed by atoms with van der Waals surface area (Å²) in [5.74, 6) is 2.17. The molecule has 1 nitrogen and oxygen atoms in total. The monoisotopic (exact) mass is 154 g/mol. The molecule has 0 amide bonds. The summed E-state index contributed by atoms with van der Waals surface area (Å²) < 4.78 is 0. The largest absolute Gasteiger partial charge is 0.355 e. The Morgan fingerprint density at radius 2 is 1.55 bits per heavy atom. The molecule has 3 N–H and O–H groups in total. The molecule has 64 valence electrons. The van der Waals surface area contributed by atoms with E-state index in [0.717, 1.165) is 17.9 Å². The Bertz CT molecular complexity index is 133. The highest BCUT2D eigenvalue weighted by molar-refractivity contribution is 4.82. The van der Waals surface area contributed by atoms with Gasteiger partial charge in [0.1, 0.15) is 0 Å². The highest BCUT2D eigenvalue weighted by atomic mass is 14.6. The quantitative estimate of drug-likeness (QED) is 0.549. The normalized spacial score (nSPS) is 45.0. The van der Waals surface area contributed by atoms with Gasteiger partial charge in [0.05, 0.1) is 6.04 Å².